The van der Waals surface area contributed by atoms with E-state index < -0.39 is 0 Å². The summed E-state index contributed by atoms with van der Waals surface area (Å²) in [5.74, 6) is 0.794. The molecule has 0 saturated carbocycles. The Balaban J connectivity index is 2.15. The molecule has 0 aliphatic rings. The summed E-state index contributed by atoms with van der Waals surface area (Å²) in [6, 6.07) is 5.99. The van der Waals surface area contributed by atoms with Crippen LogP contribution >= 0.6 is 0 Å². The molecule has 0 spiro atoms. The highest BCUT2D eigenvalue weighted by atomic mass is 16.3. The van der Waals surface area contributed by atoms with Gasteiger partial charge in [-0.2, -0.15) is 0 Å². The minimum absolute atomic E-state index is 0.0845. The molecule has 0 aromatic carbocycles. The smallest absolute Gasteiger partial charge is 0.147 e. The topological polar surface area (TPSA) is 62.1 Å². The molecule has 0 aliphatic heterocycles. The monoisotopic (exact) mass is 258 g/mol. The van der Waals surface area contributed by atoms with E-state index in [4.69, 9.17) is 5.11 Å². The van der Waals surface area contributed by atoms with Crippen molar-refractivity contribution in [3.8, 4) is 0 Å². The van der Waals surface area contributed by atoms with Crippen LogP contribution in [0.1, 0.15) is 24.0 Å². The molecule has 1 N–H and O–H groups in total. The normalized spacial score (nSPS) is 10.5. The van der Waals surface area contributed by atoms with Crippen molar-refractivity contribution in [2.24, 2.45) is 0 Å². The van der Waals surface area contributed by atoms with Gasteiger partial charge in [0.2, 0.25) is 0 Å². The Morgan fingerprint density at radius 3 is 2.58 bits per heavy atom. The van der Waals surface area contributed by atoms with Gasteiger partial charge in [0.25, 0.3) is 0 Å². The molecule has 0 aliphatic carbocycles. The number of aliphatic hydroxyl groups excluding tert-OH is 1. The van der Waals surface area contributed by atoms with E-state index in [-0.39, 0.29) is 6.61 Å². The van der Waals surface area contributed by atoms with E-state index in [1.807, 2.05) is 25.1 Å². The zero-order valence-electron chi connectivity index (χ0n) is 11.2. The first kappa shape index (κ1) is 13.4. The molecule has 2 heterocycles. The standard InChI is InChI=1S/C14H18N4O/c1-3-18(9-12-6-4-5-11(2)17-12)14-8-15-13(10-19)7-16-14/h4-8,19H,3,9-10H2,1-2H3. The number of hydrogen-bond acceptors (Lipinski definition) is 5. The third kappa shape index (κ3) is 3.48. The van der Waals surface area contributed by atoms with E-state index >= 15 is 0 Å². The van der Waals surface area contributed by atoms with E-state index in [0.29, 0.717) is 12.2 Å². The van der Waals surface area contributed by atoms with E-state index in [0.717, 1.165) is 23.8 Å². The van der Waals surface area contributed by atoms with E-state index in [1.165, 1.54) is 0 Å². The van der Waals surface area contributed by atoms with Gasteiger partial charge in [-0.3, -0.25) is 9.97 Å². The van der Waals surface area contributed by atoms with Crippen LogP contribution in [0, 0.1) is 6.92 Å². The fourth-order valence-corrected chi connectivity index (χ4v) is 1.83. The molecule has 2 aromatic heterocycles. The van der Waals surface area contributed by atoms with Crippen LogP contribution in [0.5, 0.6) is 0 Å². The summed E-state index contributed by atoms with van der Waals surface area (Å²) in [4.78, 5) is 15.0. The Morgan fingerprint density at radius 2 is 2.00 bits per heavy atom. The number of nitrogens with zero attached hydrogens (tertiary/aromatic N) is 4. The van der Waals surface area contributed by atoms with Crippen LogP contribution in [0.2, 0.25) is 0 Å². The second-order valence-electron chi connectivity index (χ2n) is 4.31. The molecule has 5 nitrogen and oxygen atoms in total. The predicted molar refractivity (Wildman–Crippen MR) is 73.7 cm³/mol. The second-order valence-corrected chi connectivity index (χ2v) is 4.31. The maximum atomic E-state index is 8.96. The first-order valence-electron chi connectivity index (χ1n) is 6.32. The van der Waals surface area contributed by atoms with Crippen LogP contribution in [0.15, 0.2) is 30.6 Å². The second kappa shape index (κ2) is 6.24. The number of aromatic nitrogens is 3. The van der Waals surface area contributed by atoms with Gasteiger partial charge in [0.1, 0.15) is 5.82 Å². The molecule has 0 fully saturated rings. The largest absolute Gasteiger partial charge is 0.390 e. The highest BCUT2D eigenvalue weighted by molar-refractivity contribution is 5.36. The fraction of sp³-hybridized carbons (Fsp3) is 0.357. The third-order valence-electron chi connectivity index (χ3n) is 2.86. The van der Waals surface area contributed by atoms with Gasteiger partial charge < -0.3 is 10.0 Å². The summed E-state index contributed by atoms with van der Waals surface area (Å²) >= 11 is 0. The molecule has 0 bridgehead atoms. The van der Waals surface area contributed by atoms with E-state index in [2.05, 4.69) is 26.8 Å². The molecule has 2 rings (SSSR count). The molecule has 0 atom stereocenters. The van der Waals surface area contributed by atoms with Gasteiger partial charge in [0, 0.05) is 12.2 Å². The maximum Gasteiger partial charge on any atom is 0.147 e. The van der Waals surface area contributed by atoms with Gasteiger partial charge in [-0.15, -0.1) is 0 Å². The summed E-state index contributed by atoms with van der Waals surface area (Å²) in [5, 5.41) is 8.96. The van der Waals surface area contributed by atoms with Crippen LogP contribution in [0.4, 0.5) is 5.82 Å². The van der Waals surface area contributed by atoms with Crippen molar-refractivity contribution in [1.29, 1.82) is 0 Å². The Kier molecular flexibility index (Phi) is 4.41. The van der Waals surface area contributed by atoms with Crippen molar-refractivity contribution < 1.29 is 5.11 Å². The lowest BCUT2D eigenvalue weighted by molar-refractivity contribution is 0.276. The molecule has 2 aromatic rings. The molecule has 100 valence electrons. The summed E-state index contributed by atoms with van der Waals surface area (Å²) in [5.41, 5.74) is 2.60. The summed E-state index contributed by atoms with van der Waals surface area (Å²) in [7, 11) is 0. The lowest BCUT2D eigenvalue weighted by Crippen LogP contribution is -2.24. The van der Waals surface area contributed by atoms with Crippen molar-refractivity contribution in [2.75, 3.05) is 11.4 Å². The molecule has 0 saturated heterocycles. The first-order chi connectivity index (χ1) is 9.22. The number of aryl methyl sites for hydroxylation is 1. The average Bonchev–Trinajstić information content (AvgIpc) is 2.45. The van der Waals surface area contributed by atoms with Crippen LogP contribution in [0.25, 0.3) is 0 Å². The van der Waals surface area contributed by atoms with Crippen molar-refractivity contribution >= 4 is 5.82 Å². The van der Waals surface area contributed by atoms with Crippen molar-refractivity contribution in [3.05, 3.63) is 47.7 Å². The van der Waals surface area contributed by atoms with Gasteiger partial charge in [-0.05, 0) is 26.0 Å². The summed E-state index contributed by atoms with van der Waals surface area (Å²) in [6.07, 6.45) is 3.28. The lowest BCUT2D eigenvalue weighted by Gasteiger charge is -2.21. The van der Waals surface area contributed by atoms with Gasteiger partial charge in [-0.1, -0.05) is 6.07 Å². The Bertz CT molecular complexity index is 527. The minimum Gasteiger partial charge on any atom is -0.390 e. The molecule has 0 unspecified atom stereocenters. The Labute approximate surface area is 113 Å². The van der Waals surface area contributed by atoms with Gasteiger partial charge >= 0.3 is 0 Å². The Morgan fingerprint density at radius 1 is 1.16 bits per heavy atom. The average molecular weight is 258 g/mol. The molecule has 0 radical (unpaired) electrons. The van der Waals surface area contributed by atoms with Crippen LogP contribution in [0.3, 0.4) is 0 Å². The Hall–Kier alpha value is -2.01. The van der Waals surface area contributed by atoms with Gasteiger partial charge in [0.15, 0.2) is 0 Å². The SMILES string of the molecule is CCN(Cc1cccc(C)n1)c1cnc(CO)cn1. The molecular formula is C14H18N4O. The van der Waals surface area contributed by atoms with Crippen LogP contribution < -0.4 is 4.90 Å². The van der Waals surface area contributed by atoms with Crippen molar-refractivity contribution in [2.45, 2.75) is 27.0 Å². The number of anilines is 1. The van der Waals surface area contributed by atoms with E-state index in [9.17, 15) is 0 Å². The number of hydrogen-bond donors (Lipinski definition) is 1. The highest BCUT2D eigenvalue weighted by Crippen LogP contribution is 2.12. The van der Waals surface area contributed by atoms with Crippen LogP contribution in [-0.4, -0.2) is 26.6 Å². The molecule has 19 heavy (non-hydrogen) atoms. The summed E-state index contributed by atoms with van der Waals surface area (Å²) < 4.78 is 0. The van der Waals surface area contributed by atoms with E-state index in [1.54, 1.807) is 12.4 Å². The zero-order chi connectivity index (χ0) is 13.7. The van der Waals surface area contributed by atoms with Gasteiger partial charge in [0.05, 0.1) is 36.9 Å². The number of aliphatic hydroxyl groups is 1. The maximum absolute atomic E-state index is 8.96. The fourth-order valence-electron chi connectivity index (χ4n) is 1.83. The third-order valence-corrected chi connectivity index (χ3v) is 2.86. The predicted octanol–water partition coefficient (Wildman–Crippen LogP) is 1.70. The minimum atomic E-state index is -0.0845. The van der Waals surface area contributed by atoms with Crippen molar-refractivity contribution in [3.63, 3.8) is 0 Å². The molecule has 0 amide bonds. The number of rotatable bonds is 5. The van der Waals surface area contributed by atoms with Crippen molar-refractivity contribution in [1.82, 2.24) is 15.0 Å². The number of pyridine rings is 1. The molecular weight excluding hydrogens is 240 g/mol. The zero-order valence-corrected chi connectivity index (χ0v) is 11.2. The lowest BCUT2D eigenvalue weighted by atomic mass is 10.3. The summed E-state index contributed by atoms with van der Waals surface area (Å²) in [6.45, 7) is 5.49. The highest BCUT2D eigenvalue weighted by Gasteiger charge is 2.08. The van der Waals surface area contributed by atoms with Crippen LogP contribution in [-0.2, 0) is 13.2 Å². The quantitative estimate of drug-likeness (QED) is 0.884. The first-order valence-corrected chi connectivity index (χ1v) is 6.32. The van der Waals surface area contributed by atoms with Gasteiger partial charge in [-0.25, -0.2) is 4.98 Å². The molecule has 5 heteroatoms.